The van der Waals surface area contributed by atoms with Crippen molar-refractivity contribution in [2.24, 2.45) is 11.7 Å². The van der Waals surface area contributed by atoms with Crippen molar-refractivity contribution in [2.75, 3.05) is 25.5 Å². The first-order chi connectivity index (χ1) is 9.95. The van der Waals surface area contributed by atoms with Crippen molar-refractivity contribution in [1.29, 1.82) is 0 Å². The molecular weight excluding hydrogens is 264 g/mol. The highest BCUT2D eigenvalue weighted by molar-refractivity contribution is 5.89. The third-order valence-electron chi connectivity index (χ3n) is 4.12. The Morgan fingerprint density at radius 2 is 2.05 bits per heavy atom. The van der Waals surface area contributed by atoms with Gasteiger partial charge in [-0.25, -0.2) is 4.79 Å². The maximum atomic E-state index is 12.1. The molecule has 116 valence electrons. The Bertz CT molecular complexity index is 472. The third-order valence-corrected chi connectivity index (χ3v) is 4.12. The molecule has 0 spiro atoms. The van der Waals surface area contributed by atoms with Crippen molar-refractivity contribution in [3.63, 3.8) is 0 Å². The summed E-state index contributed by atoms with van der Waals surface area (Å²) in [6.45, 7) is 6.17. The van der Waals surface area contributed by atoms with Crippen LogP contribution in [0.5, 0.6) is 0 Å². The normalized spacial score (nSPS) is 24.4. The lowest BCUT2D eigenvalue weighted by Gasteiger charge is -2.35. The Morgan fingerprint density at radius 1 is 1.38 bits per heavy atom. The van der Waals surface area contributed by atoms with E-state index in [1.807, 2.05) is 31.2 Å². The summed E-state index contributed by atoms with van der Waals surface area (Å²) in [5.41, 5.74) is 7.66. The molecule has 0 aromatic heterocycles. The molecule has 2 rings (SSSR count). The largest absolute Gasteiger partial charge is 0.335 e. The number of anilines is 1. The number of nitrogens with two attached hydrogens (primary N) is 1. The Balaban J connectivity index is 1.86. The number of urea groups is 1. The predicted octanol–water partition coefficient (Wildman–Crippen LogP) is 2.17. The minimum atomic E-state index is -0.134. The smallest absolute Gasteiger partial charge is 0.319 e. The third kappa shape index (κ3) is 4.44. The molecular formula is C16H26N4O. The SMILES string of the molecule is CC(N)c1ccc(NC(=O)NC2CCN(C)CC2C)cc1. The summed E-state index contributed by atoms with van der Waals surface area (Å²) in [5, 5.41) is 5.96. The van der Waals surface area contributed by atoms with Gasteiger partial charge in [0.25, 0.3) is 0 Å². The summed E-state index contributed by atoms with van der Waals surface area (Å²) >= 11 is 0. The van der Waals surface area contributed by atoms with Gasteiger partial charge in [0.05, 0.1) is 0 Å². The van der Waals surface area contributed by atoms with Crippen LogP contribution >= 0.6 is 0 Å². The molecule has 21 heavy (non-hydrogen) atoms. The highest BCUT2D eigenvalue weighted by atomic mass is 16.2. The molecule has 0 saturated carbocycles. The summed E-state index contributed by atoms with van der Waals surface area (Å²) in [6.07, 6.45) is 0.995. The van der Waals surface area contributed by atoms with E-state index < -0.39 is 0 Å². The van der Waals surface area contributed by atoms with Crippen LogP contribution in [0.4, 0.5) is 10.5 Å². The van der Waals surface area contributed by atoms with Crippen molar-refractivity contribution >= 4 is 11.7 Å². The monoisotopic (exact) mass is 290 g/mol. The number of amides is 2. The lowest BCUT2D eigenvalue weighted by Crippen LogP contribution is -2.49. The number of rotatable bonds is 3. The van der Waals surface area contributed by atoms with Crippen molar-refractivity contribution in [3.8, 4) is 0 Å². The van der Waals surface area contributed by atoms with E-state index in [9.17, 15) is 4.79 Å². The zero-order valence-corrected chi connectivity index (χ0v) is 13.1. The van der Waals surface area contributed by atoms with E-state index in [1.54, 1.807) is 0 Å². The summed E-state index contributed by atoms with van der Waals surface area (Å²) in [4.78, 5) is 14.4. The molecule has 1 heterocycles. The molecule has 1 aromatic rings. The molecule has 5 heteroatoms. The summed E-state index contributed by atoms with van der Waals surface area (Å²) in [5.74, 6) is 0.468. The Morgan fingerprint density at radius 3 is 2.62 bits per heavy atom. The molecule has 1 aliphatic rings. The minimum Gasteiger partial charge on any atom is -0.335 e. The molecule has 0 radical (unpaired) electrons. The van der Waals surface area contributed by atoms with Gasteiger partial charge in [-0.1, -0.05) is 19.1 Å². The average Bonchev–Trinajstić information content (AvgIpc) is 2.42. The van der Waals surface area contributed by atoms with E-state index >= 15 is 0 Å². The topological polar surface area (TPSA) is 70.4 Å². The van der Waals surface area contributed by atoms with Crippen LogP contribution in [0.1, 0.15) is 31.9 Å². The van der Waals surface area contributed by atoms with Gasteiger partial charge in [0.1, 0.15) is 0 Å². The number of piperidine rings is 1. The van der Waals surface area contributed by atoms with E-state index in [1.165, 1.54) is 0 Å². The summed E-state index contributed by atoms with van der Waals surface area (Å²) < 4.78 is 0. The van der Waals surface area contributed by atoms with E-state index in [2.05, 4.69) is 29.5 Å². The van der Waals surface area contributed by atoms with Crippen LogP contribution in [0, 0.1) is 5.92 Å². The van der Waals surface area contributed by atoms with Crippen LogP contribution in [0.3, 0.4) is 0 Å². The van der Waals surface area contributed by atoms with Gasteiger partial charge in [0.2, 0.25) is 0 Å². The predicted molar refractivity (Wildman–Crippen MR) is 86.3 cm³/mol. The van der Waals surface area contributed by atoms with Crippen LogP contribution in [0.25, 0.3) is 0 Å². The standard InChI is InChI=1S/C16H26N4O/c1-11-10-20(3)9-8-15(11)19-16(21)18-14-6-4-13(5-7-14)12(2)17/h4-7,11-12,15H,8-10,17H2,1-3H3,(H2,18,19,21). The average molecular weight is 290 g/mol. The van der Waals surface area contributed by atoms with Crippen LogP contribution in [-0.4, -0.2) is 37.1 Å². The first-order valence-electron chi connectivity index (χ1n) is 7.57. The first kappa shape index (κ1) is 15.8. The van der Waals surface area contributed by atoms with Crippen LogP contribution < -0.4 is 16.4 Å². The Kier molecular flexibility index (Phi) is 5.20. The van der Waals surface area contributed by atoms with Gasteiger partial charge >= 0.3 is 6.03 Å². The number of hydrogen-bond donors (Lipinski definition) is 3. The van der Waals surface area contributed by atoms with Gasteiger partial charge in [0, 0.05) is 24.3 Å². The molecule has 3 atom stereocenters. The van der Waals surface area contributed by atoms with Gasteiger partial charge in [-0.15, -0.1) is 0 Å². The molecule has 1 fully saturated rings. The Labute approximate surface area is 126 Å². The van der Waals surface area contributed by atoms with Gasteiger partial charge in [-0.2, -0.15) is 0 Å². The summed E-state index contributed by atoms with van der Waals surface area (Å²) in [7, 11) is 2.12. The van der Waals surface area contributed by atoms with Crippen molar-refractivity contribution in [1.82, 2.24) is 10.2 Å². The molecule has 2 amide bonds. The lowest BCUT2D eigenvalue weighted by atomic mass is 9.94. The number of carbonyl (C=O) groups is 1. The number of nitrogens with one attached hydrogen (secondary N) is 2. The maximum absolute atomic E-state index is 12.1. The minimum absolute atomic E-state index is 0.00737. The van der Waals surface area contributed by atoms with Crippen molar-refractivity contribution < 1.29 is 4.79 Å². The second-order valence-electron chi connectivity index (χ2n) is 6.14. The molecule has 4 N–H and O–H groups in total. The zero-order chi connectivity index (χ0) is 15.4. The molecule has 1 aliphatic heterocycles. The van der Waals surface area contributed by atoms with Crippen molar-refractivity contribution in [3.05, 3.63) is 29.8 Å². The number of nitrogens with zero attached hydrogens (tertiary/aromatic N) is 1. The fraction of sp³-hybridized carbons (Fsp3) is 0.562. The van der Waals surface area contributed by atoms with Crippen LogP contribution in [0.2, 0.25) is 0 Å². The first-order valence-corrected chi connectivity index (χ1v) is 7.57. The number of carbonyl (C=O) groups excluding carboxylic acids is 1. The maximum Gasteiger partial charge on any atom is 0.319 e. The fourth-order valence-corrected chi connectivity index (χ4v) is 2.77. The summed E-state index contributed by atoms with van der Waals surface area (Å²) in [6, 6.07) is 7.77. The molecule has 5 nitrogen and oxygen atoms in total. The quantitative estimate of drug-likeness (QED) is 0.799. The zero-order valence-electron chi connectivity index (χ0n) is 13.1. The molecule has 0 bridgehead atoms. The number of likely N-dealkylation sites (tertiary alicyclic amines) is 1. The molecule has 1 aromatic carbocycles. The highest BCUT2D eigenvalue weighted by Gasteiger charge is 2.25. The molecule has 0 aliphatic carbocycles. The van der Waals surface area contributed by atoms with Gasteiger partial charge in [-0.3, -0.25) is 0 Å². The molecule has 1 saturated heterocycles. The van der Waals surface area contributed by atoms with Gasteiger partial charge in [0.15, 0.2) is 0 Å². The van der Waals surface area contributed by atoms with Crippen LogP contribution in [0.15, 0.2) is 24.3 Å². The number of hydrogen-bond acceptors (Lipinski definition) is 3. The number of benzene rings is 1. The fourth-order valence-electron chi connectivity index (χ4n) is 2.77. The van der Waals surface area contributed by atoms with Gasteiger partial charge in [-0.05, 0) is 50.6 Å². The van der Waals surface area contributed by atoms with E-state index in [-0.39, 0.29) is 18.1 Å². The lowest BCUT2D eigenvalue weighted by molar-refractivity contribution is 0.176. The second-order valence-corrected chi connectivity index (χ2v) is 6.14. The van der Waals surface area contributed by atoms with Gasteiger partial charge < -0.3 is 21.3 Å². The highest BCUT2D eigenvalue weighted by Crippen LogP contribution is 2.17. The van der Waals surface area contributed by atoms with E-state index in [4.69, 9.17) is 5.73 Å². The second kappa shape index (κ2) is 6.91. The molecule has 3 unspecified atom stereocenters. The van der Waals surface area contributed by atoms with Crippen LogP contribution in [-0.2, 0) is 0 Å². The van der Waals surface area contributed by atoms with E-state index in [0.717, 1.165) is 30.8 Å². The Hall–Kier alpha value is -1.59. The van der Waals surface area contributed by atoms with Crippen molar-refractivity contribution in [2.45, 2.75) is 32.4 Å². The van der Waals surface area contributed by atoms with E-state index in [0.29, 0.717) is 5.92 Å².